The van der Waals surface area contributed by atoms with E-state index in [4.69, 9.17) is 0 Å². The van der Waals surface area contributed by atoms with Gasteiger partial charge in [0.15, 0.2) is 5.41 Å². The van der Waals surface area contributed by atoms with Crippen LogP contribution in [0.1, 0.15) is 30.7 Å². The molecule has 3 rings (SSSR count). The van der Waals surface area contributed by atoms with E-state index in [2.05, 4.69) is 16.9 Å². The van der Waals surface area contributed by atoms with Crippen LogP contribution >= 0.6 is 0 Å². The SMILES string of the molecule is O=C1OC(=O)C12CCC(c1ccccc1)C2. The second-order valence-corrected chi connectivity index (χ2v) is 4.61. The topological polar surface area (TPSA) is 43.4 Å². The molecule has 1 saturated carbocycles. The van der Waals surface area contributed by atoms with E-state index < -0.39 is 5.41 Å². The summed E-state index contributed by atoms with van der Waals surface area (Å²) in [5, 5.41) is 0. The highest BCUT2D eigenvalue weighted by atomic mass is 16.6. The molecule has 0 radical (unpaired) electrons. The predicted octanol–water partition coefficient (Wildman–Crippen LogP) is 2.02. The summed E-state index contributed by atoms with van der Waals surface area (Å²) in [6, 6.07) is 10.1. The summed E-state index contributed by atoms with van der Waals surface area (Å²) in [4.78, 5) is 22.8. The van der Waals surface area contributed by atoms with Crippen molar-refractivity contribution in [3.8, 4) is 0 Å². The smallest absolute Gasteiger partial charge is 0.331 e. The minimum absolute atomic E-state index is 0.318. The summed E-state index contributed by atoms with van der Waals surface area (Å²) in [6.07, 6.45) is 2.16. The van der Waals surface area contributed by atoms with Gasteiger partial charge in [-0.05, 0) is 30.7 Å². The summed E-state index contributed by atoms with van der Waals surface area (Å²) in [5.41, 5.74) is 0.424. The van der Waals surface area contributed by atoms with Gasteiger partial charge in [-0.15, -0.1) is 0 Å². The Labute approximate surface area is 93.4 Å². The number of carbonyl (C=O) groups is 2. The standard InChI is InChI=1S/C13H12O3/c14-11-13(12(15)16-11)7-6-10(8-13)9-4-2-1-3-5-9/h1-5,10H,6-8H2. The van der Waals surface area contributed by atoms with E-state index in [9.17, 15) is 9.59 Å². The van der Waals surface area contributed by atoms with E-state index in [1.807, 2.05) is 18.2 Å². The lowest BCUT2D eigenvalue weighted by molar-refractivity contribution is -0.196. The highest BCUT2D eigenvalue weighted by Gasteiger charge is 2.61. The van der Waals surface area contributed by atoms with Crippen molar-refractivity contribution in [1.29, 1.82) is 0 Å². The number of ether oxygens (including phenoxy) is 1. The summed E-state index contributed by atoms with van der Waals surface area (Å²) >= 11 is 0. The van der Waals surface area contributed by atoms with Gasteiger partial charge in [0.05, 0.1) is 0 Å². The first kappa shape index (κ1) is 9.58. The maximum atomic E-state index is 11.4. The Bertz CT molecular complexity index is 436. The molecule has 0 aromatic heterocycles. The second-order valence-electron chi connectivity index (χ2n) is 4.61. The van der Waals surface area contributed by atoms with Gasteiger partial charge in [-0.2, -0.15) is 0 Å². The molecule has 1 saturated heterocycles. The van der Waals surface area contributed by atoms with Crippen molar-refractivity contribution >= 4 is 11.9 Å². The quantitative estimate of drug-likeness (QED) is 0.533. The molecule has 1 unspecified atom stereocenters. The molecule has 1 aliphatic carbocycles. The monoisotopic (exact) mass is 216 g/mol. The Morgan fingerprint density at radius 2 is 1.81 bits per heavy atom. The molecule has 0 bridgehead atoms. The fraction of sp³-hybridized carbons (Fsp3) is 0.385. The first-order valence-electron chi connectivity index (χ1n) is 5.54. The largest absolute Gasteiger partial charge is 0.391 e. The molecule has 16 heavy (non-hydrogen) atoms. The normalized spacial score (nSPS) is 26.6. The number of cyclic esters (lactones) is 2. The lowest BCUT2D eigenvalue weighted by Crippen LogP contribution is -2.51. The van der Waals surface area contributed by atoms with Crippen LogP contribution in [0.4, 0.5) is 0 Å². The molecule has 2 fully saturated rings. The summed E-state index contributed by atoms with van der Waals surface area (Å²) in [6.45, 7) is 0. The van der Waals surface area contributed by atoms with Gasteiger partial charge in [-0.3, -0.25) is 9.59 Å². The van der Waals surface area contributed by atoms with E-state index in [-0.39, 0.29) is 11.9 Å². The number of hydrogen-bond donors (Lipinski definition) is 0. The number of carbonyl (C=O) groups excluding carboxylic acids is 2. The van der Waals surface area contributed by atoms with Crippen LogP contribution in [-0.4, -0.2) is 11.9 Å². The maximum absolute atomic E-state index is 11.4. The van der Waals surface area contributed by atoms with E-state index in [1.54, 1.807) is 0 Å². The Morgan fingerprint density at radius 3 is 2.38 bits per heavy atom. The molecular weight excluding hydrogens is 204 g/mol. The molecule has 1 spiro atoms. The van der Waals surface area contributed by atoms with Crippen molar-refractivity contribution in [3.05, 3.63) is 35.9 Å². The molecule has 0 amide bonds. The van der Waals surface area contributed by atoms with Crippen LogP contribution in [0.15, 0.2) is 30.3 Å². The molecule has 82 valence electrons. The molecule has 1 aromatic rings. The molecule has 1 aliphatic heterocycles. The molecule has 0 N–H and O–H groups in total. The van der Waals surface area contributed by atoms with Crippen LogP contribution in [0.25, 0.3) is 0 Å². The second kappa shape index (κ2) is 3.17. The molecule has 3 nitrogen and oxygen atoms in total. The van der Waals surface area contributed by atoms with Crippen molar-refractivity contribution in [2.75, 3.05) is 0 Å². The number of hydrogen-bond acceptors (Lipinski definition) is 3. The van der Waals surface area contributed by atoms with E-state index in [0.717, 1.165) is 6.42 Å². The van der Waals surface area contributed by atoms with Crippen molar-refractivity contribution in [2.45, 2.75) is 25.2 Å². The zero-order chi connectivity index (χ0) is 11.2. The molecule has 1 atom stereocenters. The van der Waals surface area contributed by atoms with Crippen molar-refractivity contribution < 1.29 is 14.3 Å². The third kappa shape index (κ3) is 1.14. The fourth-order valence-electron chi connectivity index (χ4n) is 2.74. The van der Waals surface area contributed by atoms with Gasteiger partial charge in [-0.25, -0.2) is 0 Å². The van der Waals surface area contributed by atoms with Gasteiger partial charge in [0, 0.05) is 0 Å². The minimum atomic E-state index is -0.791. The molecule has 1 aromatic carbocycles. The van der Waals surface area contributed by atoms with Crippen LogP contribution < -0.4 is 0 Å². The zero-order valence-corrected chi connectivity index (χ0v) is 8.81. The summed E-state index contributed by atoms with van der Waals surface area (Å²) in [7, 11) is 0. The Balaban J connectivity index is 1.84. The van der Waals surface area contributed by atoms with Gasteiger partial charge < -0.3 is 4.74 Å². The molecule has 1 heterocycles. The minimum Gasteiger partial charge on any atom is -0.391 e. The van der Waals surface area contributed by atoms with E-state index >= 15 is 0 Å². The van der Waals surface area contributed by atoms with Gasteiger partial charge in [0.1, 0.15) is 0 Å². The first-order valence-corrected chi connectivity index (χ1v) is 5.54. The Hall–Kier alpha value is -1.64. The van der Waals surface area contributed by atoms with Crippen LogP contribution in [0.5, 0.6) is 0 Å². The average molecular weight is 216 g/mol. The van der Waals surface area contributed by atoms with Gasteiger partial charge in [0.25, 0.3) is 0 Å². The lowest BCUT2D eigenvalue weighted by atomic mass is 9.80. The van der Waals surface area contributed by atoms with Crippen molar-refractivity contribution in [3.63, 3.8) is 0 Å². The van der Waals surface area contributed by atoms with Crippen LogP contribution in [-0.2, 0) is 14.3 Å². The van der Waals surface area contributed by atoms with Crippen molar-refractivity contribution in [1.82, 2.24) is 0 Å². The predicted molar refractivity (Wildman–Crippen MR) is 56.6 cm³/mol. The van der Waals surface area contributed by atoms with Gasteiger partial charge >= 0.3 is 11.9 Å². The van der Waals surface area contributed by atoms with Crippen LogP contribution in [0.3, 0.4) is 0 Å². The third-order valence-corrected chi connectivity index (χ3v) is 3.75. The molecule has 3 heteroatoms. The highest BCUT2D eigenvalue weighted by molar-refractivity contribution is 6.14. The van der Waals surface area contributed by atoms with Gasteiger partial charge in [-0.1, -0.05) is 30.3 Å². The molecular formula is C13H12O3. The first-order chi connectivity index (χ1) is 7.72. The number of esters is 2. The maximum Gasteiger partial charge on any atom is 0.331 e. The third-order valence-electron chi connectivity index (χ3n) is 3.75. The number of rotatable bonds is 1. The molecule has 2 aliphatic rings. The van der Waals surface area contributed by atoms with Crippen molar-refractivity contribution in [2.24, 2.45) is 5.41 Å². The zero-order valence-electron chi connectivity index (χ0n) is 8.81. The van der Waals surface area contributed by atoms with E-state index in [1.165, 1.54) is 5.56 Å². The average Bonchev–Trinajstić information content (AvgIpc) is 2.78. The van der Waals surface area contributed by atoms with E-state index in [0.29, 0.717) is 18.8 Å². The Kier molecular flexibility index (Phi) is 1.90. The summed E-state index contributed by atoms with van der Waals surface area (Å²) in [5.74, 6) is -0.329. The van der Waals surface area contributed by atoms with Crippen LogP contribution in [0, 0.1) is 5.41 Å². The highest BCUT2D eigenvalue weighted by Crippen LogP contribution is 2.52. The lowest BCUT2D eigenvalue weighted by Gasteiger charge is -2.32. The van der Waals surface area contributed by atoms with Crippen LogP contribution in [0.2, 0.25) is 0 Å². The van der Waals surface area contributed by atoms with Gasteiger partial charge in [0.2, 0.25) is 0 Å². The number of benzene rings is 1. The summed E-state index contributed by atoms with van der Waals surface area (Å²) < 4.78 is 4.48. The fourth-order valence-corrected chi connectivity index (χ4v) is 2.74. The Morgan fingerprint density at radius 1 is 1.12 bits per heavy atom.